The van der Waals surface area contributed by atoms with E-state index < -0.39 is 28.1 Å². The summed E-state index contributed by atoms with van der Waals surface area (Å²) in [6.45, 7) is 5.13. The molecule has 0 N–H and O–H groups in total. The van der Waals surface area contributed by atoms with E-state index in [0.29, 0.717) is 0 Å². The molecule has 0 saturated heterocycles. The number of nitro benzene ring substituents is 1. The second-order valence-corrected chi connectivity index (χ2v) is 5.25. The predicted octanol–water partition coefficient (Wildman–Crippen LogP) is 3.47. The SMILES string of the molecule is CC(C)(C)OC(=O)n1ccc2c(F)c([N+](=O)[O-])ccc21. The van der Waals surface area contributed by atoms with Crippen molar-refractivity contribution in [2.24, 2.45) is 0 Å². The molecule has 0 aliphatic rings. The monoisotopic (exact) mass is 280 g/mol. The van der Waals surface area contributed by atoms with Crippen molar-refractivity contribution in [2.45, 2.75) is 26.4 Å². The average Bonchev–Trinajstić information content (AvgIpc) is 2.71. The number of nitrogens with zero attached hydrogens (tertiary/aromatic N) is 2. The van der Waals surface area contributed by atoms with E-state index in [-0.39, 0.29) is 10.9 Å². The number of hydrogen-bond donors (Lipinski definition) is 0. The van der Waals surface area contributed by atoms with Crippen LogP contribution in [-0.2, 0) is 4.74 Å². The Morgan fingerprint density at radius 3 is 2.55 bits per heavy atom. The fraction of sp³-hybridized carbons (Fsp3) is 0.308. The summed E-state index contributed by atoms with van der Waals surface area (Å²) in [6, 6.07) is 3.65. The summed E-state index contributed by atoms with van der Waals surface area (Å²) < 4.78 is 20.2. The predicted molar refractivity (Wildman–Crippen MR) is 70.2 cm³/mol. The Hall–Kier alpha value is -2.44. The molecule has 0 bridgehead atoms. The molecular weight excluding hydrogens is 267 g/mol. The lowest BCUT2D eigenvalue weighted by molar-refractivity contribution is -0.387. The number of nitro groups is 1. The molecule has 2 aromatic rings. The highest BCUT2D eigenvalue weighted by Gasteiger charge is 2.23. The molecule has 2 rings (SSSR count). The first-order valence-electron chi connectivity index (χ1n) is 5.88. The highest BCUT2D eigenvalue weighted by atomic mass is 19.1. The summed E-state index contributed by atoms with van der Waals surface area (Å²) in [7, 11) is 0. The average molecular weight is 280 g/mol. The Bertz CT molecular complexity index is 700. The summed E-state index contributed by atoms with van der Waals surface area (Å²) in [5.41, 5.74) is -1.09. The minimum atomic E-state index is -0.963. The Morgan fingerprint density at radius 1 is 1.35 bits per heavy atom. The number of hydrogen-bond acceptors (Lipinski definition) is 4. The number of rotatable bonds is 1. The third kappa shape index (κ3) is 2.47. The third-order valence-electron chi connectivity index (χ3n) is 2.57. The maximum atomic E-state index is 13.9. The maximum absolute atomic E-state index is 13.9. The van der Waals surface area contributed by atoms with Gasteiger partial charge in [-0.25, -0.2) is 4.79 Å². The zero-order valence-electron chi connectivity index (χ0n) is 11.2. The van der Waals surface area contributed by atoms with Crippen LogP contribution in [0, 0.1) is 15.9 Å². The number of aromatic nitrogens is 1. The minimum Gasteiger partial charge on any atom is -0.443 e. The highest BCUT2D eigenvalue weighted by molar-refractivity contribution is 5.91. The Balaban J connectivity index is 2.51. The Kier molecular flexibility index (Phi) is 3.21. The zero-order valence-corrected chi connectivity index (χ0v) is 11.2. The standard InChI is InChI=1S/C13H13FN2O4/c1-13(2,3)20-12(17)15-7-6-8-9(15)4-5-10(11(8)14)16(18)19/h4-7H,1-3H3. The van der Waals surface area contributed by atoms with E-state index in [4.69, 9.17) is 4.74 Å². The lowest BCUT2D eigenvalue weighted by Crippen LogP contribution is -2.26. The van der Waals surface area contributed by atoms with Crippen LogP contribution in [0.15, 0.2) is 24.4 Å². The number of fused-ring (bicyclic) bond motifs is 1. The fourth-order valence-corrected chi connectivity index (χ4v) is 1.78. The van der Waals surface area contributed by atoms with Crippen LogP contribution in [0.2, 0.25) is 0 Å². The van der Waals surface area contributed by atoms with Gasteiger partial charge in [0.05, 0.1) is 10.4 Å². The Morgan fingerprint density at radius 2 is 2.00 bits per heavy atom. The van der Waals surface area contributed by atoms with Crippen LogP contribution in [-0.4, -0.2) is 21.2 Å². The van der Waals surface area contributed by atoms with Gasteiger partial charge in [-0.15, -0.1) is 0 Å². The Labute approximate surface area is 113 Å². The van der Waals surface area contributed by atoms with Crippen molar-refractivity contribution >= 4 is 22.7 Å². The van der Waals surface area contributed by atoms with Gasteiger partial charge in [0.15, 0.2) is 0 Å². The van der Waals surface area contributed by atoms with E-state index in [0.717, 1.165) is 10.6 Å². The molecular formula is C13H13FN2O4. The maximum Gasteiger partial charge on any atom is 0.418 e. The lowest BCUT2D eigenvalue weighted by atomic mass is 10.2. The molecule has 0 atom stereocenters. The lowest BCUT2D eigenvalue weighted by Gasteiger charge is -2.19. The summed E-state index contributed by atoms with van der Waals surface area (Å²) >= 11 is 0. The molecule has 0 unspecified atom stereocenters. The van der Waals surface area contributed by atoms with Crippen molar-refractivity contribution in [1.29, 1.82) is 0 Å². The molecule has 20 heavy (non-hydrogen) atoms. The van der Waals surface area contributed by atoms with Gasteiger partial charge < -0.3 is 4.74 Å². The molecule has 106 valence electrons. The zero-order chi connectivity index (χ0) is 15.1. The van der Waals surface area contributed by atoms with Crippen molar-refractivity contribution in [3.63, 3.8) is 0 Å². The largest absolute Gasteiger partial charge is 0.443 e. The van der Waals surface area contributed by atoms with Crippen molar-refractivity contribution in [3.05, 3.63) is 40.3 Å². The third-order valence-corrected chi connectivity index (χ3v) is 2.57. The van der Waals surface area contributed by atoms with Gasteiger partial charge in [0.2, 0.25) is 5.82 Å². The van der Waals surface area contributed by atoms with Gasteiger partial charge >= 0.3 is 11.8 Å². The molecule has 0 saturated carbocycles. The van der Waals surface area contributed by atoms with Crippen LogP contribution in [0.4, 0.5) is 14.9 Å². The molecule has 6 nitrogen and oxygen atoms in total. The second-order valence-electron chi connectivity index (χ2n) is 5.25. The van der Waals surface area contributed by atoms with Gasteiger partial charge in [-0.05, 0) is 32.9 Å². The molecule has 1 aromatic carbocycles. The smallest absolute Gasteiger partial charge is 0.418 e. The van der Waals surface area contributed by atoms with Crippen molar-refractivity contribution in [2.75, 3.05) is 0 Å². The molecule has 0 fully saturated rings. The highest BCUT2D eigenvalue weighted by Crippen LogP contribution is 2.27. The summed E-state index contributed by atoms with van der Waals surface area (Å²) in [5.74, 6) is -0.963. The van der Waals surface area contributed by atoms with E-state index in [1.54, 1.807) is 20.8 Å². The van der Waals surface area contributed by atoms with Gasteiger partial charge in [0, 0.05) is 17.6 Å². The van der Waals surface area contributed by atoms with Crippen LogP contribution >= 0.6 is 0 Å². The van der Waals surface area contributed by atoms with E-state index >= 15 is 0 Å². The topological polar surface area (TPSA) is 74.4 Å². The molecule has 1 heterocycles. The van der Waals surface area contributed by atoms with Crippen molar-refractivity contribution in [3.8, 4) is 0 Å². The first kappa shape index (κ1) is 14.0. The summed E-state index contributed by atoms with van der Waals surface area (Å²) in [5, 5.41) is 10.7. The van der Waals surface area contributed by atoms with Gasteiger partial charge in [-0.1, -0.05) is 0 Å². The molecule has 0 radical (unpaired) electrons. The number of carbonyl (C=O) groups excluding carboxylic acids is 1. The number of halogens is 1. The quantitative estimate of drug-likeness (QED) is 0.592. The summed E-state index contributed by atoms with van der Waals surface area (Å²) in [4.78, 5) is 21.8. The second kappa shape index (κ2) is 4.59. The van der Waals surface area contributed by atoms with Gasteiger partial charge in [0.25, 0.3) is 0 Å². The van der Waals surface area contributed by atoms with Crippen LogP contribution < -0.4 is 0 Å². The first-order valence-corrected chi connectivity index (χ1v) is 5.88. The van der Waals surface area contributed by atoms with Gasteiger partial charge in [-0.2, -0.15) is 4.39 Å². The van der Waals surface area contributed by atoms with Gasteiger partial charge in [0.1, 0.15) is 5.60 Å². The number of ether oxygens (including phenoxy) is 1. The van der Waals surface area contributed by atoms with E-state index in [9.17, 15) is 19.3 Å². The fourth-order valence-electron chi connectivity index (χ4n) is 1.78. The van der Waals surface area contributed by atoms with Crippen LogP contribution in [0.1, 0.15) is 20.8 Å². The van der Waals surface area contributed by atoms with Crippen LogP contribution in [0.25, 0.3) is 10.9 Å². The van der Waals surface area contributed by atoms with Crippen molar-refractivity contribution in [1.82, 2.24) is 4.57 Å². The van der Waals surface area contributed by atoms with E-state index in [1.165, 1.54) is 18.3 Å². The van der Waals surface area contributed by atoms with Crippen molar-refractivity contribution < 1.29 is 18.8 Å². The minimum absolute atomic E-state index is 0.00468. The van der Waals surface area contributed by atoms with Gasteiger partial charge in [-0.3, -0.25) is 14.7 Å². The van der Waals surface area contributed by atoms with Crippen LogP contribution in [0.5, 0.6) is 0 Å². The van der Waals surface area contributed by atoms with Crippen LogP contribution in [0.3, 0.4) is 0 Å². The number of benzene rings is 1. The molecule has 0 aliphatic heterocycles. The summed E-state index contributed by atoms with van der Waals surface area (Å²) in [6.07, 6.45) is 0.659. The molecule has 0 aliphatic carbocycles. The van der Waals surface area contributed by atoms with E-state index in [1.807, 2.05) is 0 Å². The molecule has 0 amide bonds. The molecule has 0 spiro atoms. The first-order chi connectivity index (χ1) is 9.20. The number of carbonyl (C=O) groups is 1. The molecule has 1 aromatic heterocycles. The molecule has 7 heteroatoms. The normalized spacial score (nSPS) is 11.6. The van der Waals surface area contributed by atoms with E-state index in [2.05, 4.69) is 0 Å².